The Morgan fingerprint density at radius 1 is 1.29 bits per heavy atom. The van der Waals surface area contributed by atoms with Gasteiger partial charge in [0.25, 0.3) is 5.91 Å². The first-order valence-electron chi connectivity index (χ1n) is 8.06. The highest BCUT2D eigenvalue weighted by atomic mass is 35.5. The molecule has 1 fully saturated rings. The Kier molecular flexibility index (Phi) is 5.18. The monoisotopic (exact) mass is 348 g/mol. The molecular weight excluding hydrogens is 328 g/mol. The van der Waals surface area contributed by atoms with Crippen molar-refractivity contribution < 1.29 is 9.53 Å². The highest BCUT2D eigenvalue weighted by molar-refractivity contribution is 6.02. The summed E-state index contributed by atoms with van der Waals surface area (Å²) in [6.45, 7) is 3.24. The van der Waals surface area contributed by atoms with Crippen molar-refractivity contribution in [2.75, 3.05) is 18.4 Å². The number of hydrogen-bond donors (Lipinski definition) is 2. The molecule has 128 valence electrons. The number of anilines is 1. The molecule has 2 N–H and O–H groups in total. The fourth-order valence-electron chi connectivity index (χ4n) is 3.17. The summed E-state index contributed by atoms with van der Waals surface area (Å²) in [6, 6.07) is 8.00. The molecule has 2 aliphatic rings. The van der Waals surface area contributed by atoms with Crippen LogP contribution in [0.4, 0.5) is 5.69 Å². The number of piperidine rings is 1. The quantitative estimate of drug-likeness (QED) is 0.894. The minimum Gasteiger partial charge on any atom is -0.372 e. The van der Waals surface area contributed by atoms with Crippen LogP contribution >= 0.6 is 12.4 Å². The first kappa shape index (κ1) is 17.0. The molecule has 1 atom stereocenters. The number of benzene rings is 1. The molecule has 1 aromatic carbocycles. The van der Waals surface area contributed by atoms with Gasteiger partial charge >= 0.3 is 0 Å². The van der Waals surface area contributed by atoms with Crippen LogP contribution in [0.1, 0.15) is 40.5 Å². The van der Waals surface area contributed by atoms with Gasteiger partial charge in [0.1, 0.15) is 0 Å². The van der Waals surface area contributed by atoms with Gasteiger partial charge in [-0.15, -0.1) is 12.4 Å². The number of aromatic nitrogens is 2. The van der Waals surface area contributed by atoms with Crippen LogP contribution in [0.5, 0.6) is 0 Å². The van der Waals surface area contributed by atoms with Crippen molar-refractivity contribution in [1.82, 2.24) is 15.1 Å². The number of amides is 1. The van der Waals surface area contributed by atoms with E-state index in [0.717, 1.165) is 37.2 Å². The van der Waals surface area contributed by atoms with E-state index in [-0.39, 0.29) is 18.3 Å². The predicted octanol–water partition coefficient (Wildman–Crippen LogP) is 2.51. The van der Waals surface area contributed by atoms with Crippen LogP contribution in [0.3, 0.4) is 0 Å². The van der Waals surface area contributed by atoms with Crippen molar-refractivity contribution in [1.29, 1.82) is 0 Å². The van der Waals surface area contributed by atoms with Crippen LogP contribution in [-0.2, 0) is 18.0 Å². The number of nitrogens with zero attached hydrogens (tertiary/aromatic N) is 2. The molecule has 3 heterocycles. The van der Waals surface area contributed by atoms with Crippen LogP contribution in [0.2, 0.25) is 0 Å². The Morgan fingerprint density at radius 3 is 3.00 bits per heavy atom. The summed E-state index contributed by atoms with van der Waals surface area (Å²) in [5.41, 5.74) is 3.57. The van der Waals surface area contributed by atoms with Gasteiger partial charge in [-0.3, -0.25) is 9.48 Å². The van der Waals surface area contributed by atoms with Crippen molar-refractivity contribution in [3.8, 4) is 0 Å². The fraction of sp³-hybridized carbons (Fsp3) is 0.412. The largest absolute Gasteiger partial charge is 0.372 e. The molecular formula is C17H21ClN4O2. The lowest BCUT2D eigenvalue weighted by molar-refractivity contribution is 0.102. The van der Waals surface area contributed by atoms with Crippen LogP contribution in [-0.4, -0.2) is 28.8 Å². The molecule has 2 aromatic rings. The van der Waals surface area contributed by atoms with E-state index in [1.54, 1.807) is 6.07 Å². The first-order valence-corrected chi connectivity index (χ1v) is 8.06. The summed E-state index contributed by atoms with van der Waals surface area (Å²) < 4.78 is 7.30. The maximum atomic E-state index is 12.4. The van der Waals surface area contributed by atoms with Gasteiger partial charge in [0.2, 0.25) is 0 Å². The van der Waals surface area contributed by atoms with Crippen LogP contribution in [0.25, 0.3) is 0 Å². The highest BCUT2D eigenvalue weighted by Gasteiger charge is 2.18. The second kappa shape index (κ2) is 7.34. The maximum absolute atomic E-state index is 12.4. The zero-order valence-corrected chi connectivity index (χ0v) is 14.1. The maximum Gasteiger partial charge on any atom is 0.276 e. The third kappa shape index (κ3) is 3.45. The normalized spacial score (nSPS) is 19.4. The van der Waals surface area contributed by atoms with Crippen molar-refractivity contribution in [2.24, 2.45) is 0 Å². The first-order chi connectivity index (χ1) is 11.3. The molecule has 24 heavy (non-hydrogen) atoms. The lowest BCUT2D eigenvalue weighted by atomic mass is 10.1. The molecule has 0 aliphatic carbocycles. The minimum atomic E-state index is -0.175. The molecule has 0 bridgehead atoms. The van der Waals surface area contributed by atoms with Crippen molar-refractivity contribution >= 4 is 24.0 Å². The number of fused-ring (bicyclic) bond motifs is 1. The van der Waals surface area contributed by atoms with Gasteiger partial charge in [0.05, 0.1) is 19.3 Å². The number of halogens is 1. The van der Waals surface area contributed by atoms with Gasteiger partial charge in [-0.1, -0.05) is 6.07 Å². The van der Waals surface area contributed by atoms with Crippen LogP contribution < -0.4 is 10.6 Å². The van der Waals surface area contributed by atoms with Crippen molar-refractivity contribution in [3.05, 3.63) is 47.3 Å². The number of nitrogens with one attached hydrogen (secondary N) is 2. The molecule has 0 saturated carbocycles. The Balaban J connectivity index is 0.00000169. The second-order valence-electron chi connectivity index (χ2n) is 6.11. The molecule has 0 spiro atoms. The van der Waals surface area contributed by atoms with Gasteiger partial charge in [-0.2, -0.15) is 5.10 Å². The summed E-state index contributed by atoms with van der Waals surface area (Å²) >= 11 is 0. The van der Waals surface area contributed by atoms with E-state index >= 15 is 0 Å². The zero-order valence-electron chi connectivity index (χ0n) is 13.3. The molecule has 1 saturated heterocycles. The summed E-state index contributed by atoms with van der Waals surface area (Å²) in [4.78, 5) is 12.4. The summed E-state index contributed by atoms with van der Waals surface area (Å²) in [5.74, 6) is -0.175. The van der Waals surface area contributed by atoms with Gasteiger partial charge in [-0.25, -0.2) is 0 Å². The average molecular weight is 349 g/mol. The molecule has 2 aliphatic heterocycles. The van der Waals surface area contributed by atoms with E-state index in [0.29, 0.717) is 24.9 Å². The van der Waals surface area contributed by atoms with E-state index < -0.39 is 0 Å². The van der Waals surface area contributed by atoms with Gasteiger partial charge < -0.3 is 15.4 Å². The smallest absolute Gasteiger partial charge is 0.276 e. The number of carbonyl (C=O) groups is 1. The standard InChI is InChI=1S/C17H20N4O2.ClH/c22-17(19-14-4-3-12-10-23-11-13(12)8-14)16-5-7-21(20-16)15-2-1-6-18-9-15;/h3-5,7-8,15,18H,1-2,6,9-11H2,(H,19,22);1H. The molecule has 4 rings (SSSR count). The molecule has 6 nitrogen and oxygen atoms in total. The van der Waals surface area contributed by atoms with E-state index in [2.05, 4.69) is 15.7 Å². The number of ether oxygens (including phenoxy) is 1. The Bertz CT molecular complexity index is 725. The predicted molar refractivity (Wildman–Crippen MR) is 93.5 cm³/mol. The third-order valence-electron chi connectivity index (χ3n) is 4.47. The van der Waals surface area contributed by atoms with Crippen LogP contribution in [0, 0.1) is 0 Å². The molecule has 1 aromatic heterocycles. The van der Waals surface area contributed by atoms with Gasteiger partial charge in [0.15, 0.2) is 5.69 Å². The molecule has 1 amide bonds. The lowest BCUT2D eigenvalue weighted by Crippen LogP contribution is -2.32. The van der Waals surface area contributed by atoms with Crippen molar-refractivity contribution in [2.45, 2.75) is 32.1 Å². The molecule has 1 unspecified atom stereocenters. The number of rotatable bonds is 3. The van der Waals surface area contributed by atoms with Gasteiger partial charge in [-0.05, 0) is 48.7 Å². The van der Waals surface area contributed by atoms with E-state index in [1.807, 2.05) is 29.1 Å². The molecule has 7 heteroatoms. The Labute approximate surface area is 147 Å². The Morgan fingerprint density at radius 2 is 2.17 bits per heavy atom. The lowest BCUT2D eigenvalue weighted by Gasteiger charge is -2.22. The highest BCUT2D eigenvalue weighted by Crippen LogP contribution is 2.23. The fourth-order valence-corrected chi connectivity index (χ4v) is 3.17. The van der Waals surface area contributed by atoms with Crippen LogP contribution in [0.15, 0.2) is 30.5 Å². The summed E-state index contributed by atoms with van der Waals surface area (Å²) in [7, 11) is 0. The number of carbonyl (C=O) groups excluding carboxylic acids is 1. The molecule has 0 radical (unpaired) electrons. The van der Waals surface area contributed by atoms with Crippen molar-refractivity contribution in [3.63, 3.8) is 0 Å². The minimum absolute atomic E-state index is 0. The van der Waals surface area contributed by atoms with E-state index in [4.69, 9.17) is 4.74 Å². The SMILES string of the molecule is Cl.O=C(Nc1ccc2c(c1)COC2)c1ccn(C2CCCNC2)n1. The Hall–Kier alpha value is -1.89. The topological polar surface area (TPSA) is 68.2 Å². The van der Waals surface area contributed by atoms with E-state index in [1.165, 1.54) is 5.56 Å². The summed E-state index contributed by atoms with van der Waals surface area (Å²) in [6.07, 6.45) is 4.13. The van der Waals surface area contributed by atoms with Gasteiger partial charge in [0, 0.05) is 18.4 Å². The average Bonchev–Trinajstić information content (AvgIpc) is 3.24. The summed E-state index contributed by atoms with van der Waals surface area (Å²) in [5, 5.41) is 10.7. The number of hydrogen-bond acceptors (Lipinski definition) is 4. The van der Waals surface area contributed by atoms with E-state index in [9.17, 15) is 4.79 Å². The second-order valence-corrected chi connectivity index (χ2v) is 6.11. The zero-order chi connectivity index (χ0) is 15.6. The third-order valence-corrected chi connectivity index (χ3v) is 4.47.